The van der Waals surface area contributed by atoms with Crippen LogP contribution in [0.4, 0.5) is 0 Å². The molecule has 0 aromatic carbocycles. The quantitative estimate of drug-likeness (QED) is 0.245. The fourth-order valence-corrected chi connectivity index (χ4v) is 10.5. The predicted molar refractivity (Wildman–Crippen MR) is 101 cm³/mol. The van der Waals surface area contributed by atoms with Gasteiger partial charge in [0, 0.05) is 74.1 Å². The summed E-state index contributed by atoms with van der Waals surface area (Å²) in [6.07, 6.45) is 5.13. The molecule has 0 atom stereocenters. The SMILES string of the molecule is CCCCC(=O)NSSSSSSNC(=O)CCCC. The number of amides is 2. The first-order valence-electron chi connectivity index (χ1n) is 6.27. The highest BCUT2D eigenvalue weighted by atomic mass is 33.9. The third kappa shape index (κ3) is 15.4. The standard InChI is InChI=1S/C10H20N2O2S6/c1-3-5-7-9(13)11-15-17-19-20-18-16-12-10(14)8-6-4-2/h3-8H2,1-2H3,(H,11,13)(H,12,14). The Morgan fingerprint density at radius 3 is 1.50 bits per heavy atom. The number of hydrogen-bond donors (Lipinski definition) is 2. The molecule has 0 saturated heterocycles. The van der Waals surface area contributed by atoms with Crippen LogP contribution in [-0.4, -0.2) is 11.8 Å². The molecule has 0 aliphatic rings. The van der Waals surface area contributed by atoms with E-state index in [0.717, 1.165) is 25.7 Å². The summed E-state index contributed by atoms with van der Waals surface area (Å²) < 4.78 is 5.54. The minimum atomic E-state index is 0.0835. The van der Waals surface area contributed by atoms with Crippen molar-refractivity contribution in [2.24, 2.45) is 0 Å². The molecular weight excluding hydrogens is 373 g/mol. The van der Waals surface area contributed by atoms with Crippen LogP contribution >= 0.6 is 61.3 Å². The summed E-state index contributed by atoms with van der Waals surface area (Å²) in [5, 5.41) is 0. The molecule has 2 N–H and O–H groups in total. The molecule has 4 nitrogen and oxygen atoms in total. The zero-order valence-electron chi connectivity index (χ0n) is 11.5. The molecule has 0 fully saturated rings. The number of hydrogen-bond acceptors (Lipinski definition) is 8. The molecule has 20 heavy (non-hydrogen) atoms. The molecule has 0 unspecified atom stereocenters. The van der Waals surface area contributed by atoms with Crippen molar-refractivity contribution in [1.29, 1.82) is 0 Å². The van der Waals surface area contributed by atoms with E-state index in [2.05, 4.69) is 23.3 Å². The second kappa shape index (κ2) is 16.4. The Morgan fingerprint density at radius 2 is 1.15 bits per heavy atom. The molecule has 2 amide bonds. The van der Waals surface area contributed by atoms with Gasteiger partial charge in [-0.25, -0.2) is 0 Å². The second-order valence-corrected chi connectivity index (χ2v) is 12.5. The molecule has 0 saturated carbocycles. The second-order valence-electron chi connectivity index (χ2n) is 3.70. The van der Waals surface area contributed by atoms with E-state index < -0.39 is 0 Å². The van der Waals surface area contributed by atoms with E-state index in [0.29, 0.717) is 12.8 Å². The van der Waals surface area contributed by atoms with E-state index >= 15 is 0 Å². The topological polar surface area (TPSA) is 58.2 Å². The predicted octanol–water partition coefficient (Wildman–Crippen LogP) is 5.40. The zero-order chi connectivity index (χ0) is 15.1. The van der Waals surface area contributed by atoms with Crippen molar-refractivity contribution in [2.45, 2.75) is 52.4 Å². The van der Waals surface area contributed by atoms with Crippen LogP contribution in [0.15, 0.2) is 0 Å². The van der Waals surface area contributed by atoms with Gasteiger partial charge in [-0.3, -0.25) is 19.0 Å². The molecule has 0 aromatic heterocycles. The van der Waals surface area contributed by atoms with Crippen molar-refractivity contribution in [1.82, 2.24) is 9.44 Å². The summed E-state index contributed by atoms with van der Waals surface area (Å²) in [6, 6.07) is 0. The van der Waals surface area contributed by atoms with Crippen LogP contribution in [0.5, 0.6) is 0 Å². The molecule has 0 aliphatic heterocycles. The Hall–Kier alpha value is 1.04. The highest BCUT2D eigenvalue weighted by Gasteiger charge is 2.02. The van der Waals surface area contributed by atoms with Crippen molar-refractivity contribution in [3.63, 3.8) is 0 Å². The lowest BCUT2D eigenvalue weighted by Crippen LogP contribution is -2.13. The van der Waals surface area contributed by atoms with Crippen molar-refractivity contribution in [3.8, 4) is 0 Å². The van der Waals surface area contributed by atoms with Gasteiger partial charge in [-0.1, -0.05) is 26.7 Å². The third-order valence-electron chi connectivity index (χ3n) is 1.98. The summed E-state index contributed by atoms with van der Waals surface area (Å²) in [5.41, 5.74) is 0. The molecule has 0 aromatic rings. The minimum absolute atomic E-state index is 0.0835. The Morgan fingerprint density at radius 1 is 0.750 bits per heavy atom. The fourth-order valence-electron chi connectivity index (χ4n) is 0.954. The number of nitrogens with one attached hydrogen (secondary N) is 2. The average Bonchev–Trinajstić information content (AvgIpc) is 2.45. The summed E-state index contributed by atoms with van der Waals surface area (Å²) >= 11 is 0. The van der Waals surface area contributed by atoms with Crippen molar-refractivity contribution < 1.29 is 9.59 Å². The molecule has 0 rings (SSSR count). The smallest absolute Gasteiger partial charge is 0.230 e. The van der Waals surface area contributed by atoms with Crippen molar-refractivity contribution in [2.75, 3.05) is 0 Å². The molecule has 0 radical (unpaired) electrons. The maximum atomic E-state index is 11.3. The summed E-state index contributed by atoms with van der Waals surface area (Å²) in [6.45, 7) is 4.13. The molecule has 118 valence electrons. The molecular formula is C10H20N2O2S6. The summed E-state index contributed by atoms with van der Waals surface area (Å²) in [5.74, 6) is 0.167. The van der Waals surface area contributed by atoms with E-state index in [1.54, 1.807) is 19.7 Å². The van der Waals surface area contributed by atoms with Gasteiger partial charge in [0.25, 0.3) is 0 Å². The van der Waals surface area contributed by atoms with E-state index in [1.807, 2.05) is 0 Å². The molecule has 10 heteroatoms. The van der Waals surface area contributed by atoms with Crippen LogP contribution in [0.3, 0.4) is 0 Å². The summed E-state index contributed by atoms with van der Waals surface area (Å²) in [4.78, 5) is 22.6. The zero-order valence-corrected chi connectivity index (χ0v) is 16.4. The Kier molecular flexibility index (Phi) is 17.3. The first kappa shape index (κ1) is 21.0. The van der Waals surface area contributed by atoms with Gasteiger partial charge in [-0.05, 0) is 12.8 Å². The van der Waals surface area contributed by atoms with Crippen LogP contribution < -0.4 is 9.44 Å². The maximum absolute atomic E-state index is 11.3. The van der Waals surface area contributed by atoms with Crippen LogP contribution in [0.2, 0.25) is 0 Å². The monoisotopic (exact) mass is 392 g/mol. The van der Waals surface area contributed by atoms with Gasteiger partial charge in [-0.2, -0.15) is 0 Å². The van der Waals surface area contributed by atoms with E-state index in [4.69, 9.17) is 0 Å². The highest BCUT2D eigenvalue weighted by Crippen LogP contribution is 2.50. The van der Waals surface area contributed by atoms with Gasteiger partial charge in [0.2, 0.25) is 11.8 Å². The van der Waals surface area contributed by atoms with Gasteiger partial charge in [0.05, 0.1) is 0 Å². The van der Waals surface area contributed by atoms with Crippen LogP contribution in [0, 0.1) is 0 Å². The number of carbonyl (C=O) groups is 2. The molecule has 0 heterocycles. The van der Waals surface area contributed by atoms with Crippen LogP contribution in [0.25, 0.3) is 0 Å². The normalized spacial score (nSPS) is 10.3. The van der Waals surface area contributed by atoms with E-state index in [-0.39, 0.29) is 11.8 Å². The lowest BCUT2D eigenvalue weighted by atomic mass is 10.2. The van der Waals surface area contributed by atoms with E-state index in [9.17, 15) is 9.59 Å². The van der Waals surface area contributed by atoms with E-state index in [1.165, 1.54) is 41.6 Å². The number of rotatable bonds is 13. The molecule has 0 spiro atoms. The molecule has 0 aliphatic carbocycles. The number of carbonyl (C=O) groups excluding carboxylic acids is 2. The van der Waals surface area contributed by atoms with Crippen molar-refractivity contribution >= 4 is 73.1 Å². The van der Waals surface area contributed by atoms with Crippen LogP contribution in [0.1, 0.15) is 52.4 Å². The number of unbranched alkanes of at least 4 members (excludes halogenated alkanes) is 2. The Bertz CT molecular complexity index is 244. The largest absolute Gasteiger partial charge is 0.290 e. The Balaban J connectivity index is 3.20. The van der Waals surface area contributed by atoms with Gasteiger partial charge in [0.15, 0.2) is 0 Å². The maximum Gasteiger partial charge on any atom is 0.230 e. The molecule has 0 bridgehead atoms. The Labute approximate surface area is 143 Å². The van der Waals surface area contributed by atoms with Gasteiger partial charge < -0.3 is 0 Å². The minimum Gasteiger partial charge on any atom is -0.290 e. The van der Waals surface area contributed by atoms with Crippen molar-refractivity contribution in [3.05, 3.63) is 0 Å². The third-order valence-corrected chi connectivity index (χ3v) is 11.5. The van der Waals surface area contributed by atoms with Crippen LogP contribution in [-0.2, 0) is 9.59 Å². The lowest BCUT2D eigenvalue weighted by molar-refractivity contribution is -0.120. The van der Waals surface area contributed by atoms with Gasteiger partial charge in [0.1, 0.15) is 0 Å². The lowest BCUT2D eigenvalue weighted by Gasteiger charge is -2.02. The highest BCUT2D eigenvalue weighted by molar-refractivity contribution is 9.41. The first-order valence-corrected chi connectivity index (χ1v) is 13.8. The summed E-state index contributed by atoms with van der Waals surface area (Å²) in [7, 11) is 8.81. The first-order chi connectivity index (χ1) is 9.70. The van der Waals surface area contributed by atoms with Gasteiger partial charge >= 0.3 is 0 Å². The average molecular weight is 393 g/mol. The fraction of sp³-hybridized carbons (Fsp3) is 0.800. The van der Waals surface area contributed by atoms with Gasteiger partial charge in [-0.15, -0.1) is 0 Å².